The molecule has 5 nitrogen and oxygen atoms in total. The molecule has 1 amide bonds. The zero-order valence-electron chi connectivity index (χ0n) is 11.1. The van der Waals surface area contributed by atoms with Gasteiger partial charge in [0.25, 0.3) is 0 Å². The molecule has 1 aliphatic rings. The van der Waals surface area contributed by atoms with Crippen LogP contribution in [0, 0.1) is 5.92 Å². The van der Waals surface area contributed by atoms with Crippen LogP contribution >= 0.6 is 10.7 Å². The molecule has 3 rings (SSSR count). The third-order valence-corrected chi connectivity index (χ3v) is 4.75. The summed E-state index contributed by atoms with van der Waals surface area (Å²) in [4.78, 5) is 18.0. The number of hydrogen-bond donors (Lipinski definition) is 0. The first-order valence-corrected chi connectivity index (χ1v) is 8.99. The van der Waals surface area contributed by atoms with E-state index >= 15 is 0 Å². The molecule has 1 aliphatic heterocycles. The van der Waals surface area contributed by atoms with Crippen LogP contribution in [0.5, 0.6) is 0 Å². The summed E-state index contributed by atoms with van der Waals surface area (Å²) in [6.07, 6.45) is 0.181. The molecule has 110 valence electrons. The highest BCUT2D eigenvalue weighted by atomic mass is 35.7. The predicted octanol–water partition coefficient (Wildman–Crippen LogP) is 2.16. The summed E-state index contributed by atoms with van der Waals surface area (Å²) in [5.41, 5.74) is 0.802. The monoisotopic (exact) mass is 324 g/mol. The Kier molecular flexibility index (Phi) is 3.59. The molecule has 1 unspecified atom stereocenters. The Morgan fingerprint density at radius 1 is 1.24 bits per heavy atom. The van der Waals surface area contributed by atoms with Gasteiger partial charge in [-0.3, -0.25) is 9.69 Å². The number of fused-ring (bicyclic) bond motifs is 1. The van der Waals surface area contributed by atoms with Gasteiger partial charge in [-0.2, -0.15) is 0 Å². The molecule has 0 aliphatic carbocycles. The Morgan fingerprint density at radius 3 is 2.76 bits per heavy atom. The van der Waals surface area contributed by atoms with Gasteiger partial charge in [0, 0.05) is 35.0 Å². The molecule has 1 fully saturated rings. The van der Waals surface area contributed by atoms with Crippen molar-refractivity contribution in [3.05, 3.63) is 36.4 Å². The number of carbonyl (C=O) groups excluding carboxylic acids is 1. The van der Waals surface area contributed by atoms with Gasteiger partial charge in [-0.1, -0.05) is 18.2 Å². The summed E-state index contributed by atoms with van der Waals surface area (Å²) in [6, 6.07) is 11.3. The highest BCUT2D eigenvalue weighted by molar-refractivity contribution is 8.13. The van der Waals surface area contributed by atoms with Crippen LogP contribution in [0.2, 0.25) is 0 Å². The van der Waals surface area contributed by atoms with Gasteiger partial charge in [-0.05, 0) is 18.2 Å². The molecule has 2 heterocycles. The number of benzene rings is 1. The second-order valence-corrected chi connectivity index (χ2v) is 7.96. The Labute approximate surface area is 127 Å². The summed E-state index contributed by atoms with van der Waals surface area (Å²) >= 11 is 0. The number of carbonyl (C=O) groups is 1. The standard InChI is InChI=1S/C14H13ClN2O3S/c15-21(19,20)9-10-7-14(18)17(8-10)13-6-5-11-3-1-2-4-12(11)16-13/h1-6,10H,7-9H2. The minimum atomic E-state index is -3.60. The lowest BCUT2D eigenvalue weighted by Crippen LogP contribution is -2.26. The fraction of sp³-hybridized carbons (Fsp3) is 0.286. The van der Waals surface area contributed by atoms with Gasteiger partial charge in [0.2, 0.25) is 15.0 Å². The normalized spacial score (nSPS) is 19.4. The molecule has 0 spiro atoms. The average Bonchev–Trinajstić information content (AvgIpc) is 2.76. The van der Waals surface area contributed by atoms with E-state index in [-0.39, 0.29) is 24.0 Å². The second kappa shape index (κ2) is 5.27. The lowest BCUT2D eigenvalue weighted by molar-refractivity contribution is -0.117. The van der Waals surface area contributed by atoms with Crippen LogP contribution in [-0.2, 0) is 13.8 Å². The fourth-order valence-corrected chi connectivity index (χ4v) is 3.92. The number of hydrogen-bond acceptors (Lipinski definition) is 4. The van der Waals surface area contributed by atoms with Gasteiger partial charge in [-0.15, -0.1) is 0 Å². The van der Waals surface area contributed by atoms with E-state index in [2.05, 4.69) is 4.98 Å². The zero-order valence-corrected chi connectivity index (χ0v) is 12.6. The van der Waals surface area contributed by atoms with Crippen LogP contribution in [0.3, 0.4) is 0 Å². The van der Waals surface area contributed by atoms with Gasteiger partial charge in [-0.25, -0.2) is 13.4 Å². The number of nitrogens with zero attached hydrogens (tertiary/aromatic N) is 2. The van der Waals surface area contributed by atoms with E-state index in [0.29, 0.717) is 12.4 Å². The van der Waals surface area contributed by atoms with E-state index in [1.165, 1.54) is 4.90 Å². The second-order valence-electron chi connectivity index (χ2n) is 5.14. The van der Waals surface area contributed by atoms with Crippen LogP contribution in [-0.4, -0.2) is 31.6 Å². The molecule has 0 radical (unpaired) electrons. The van der Waals surface area contributed by atoms with Crippen LogP contribution in [0.25, 0.3) is 10.9 Å². The van der Waals surface area contributed by atoms with E-state index in [9.17, 15) is 13.2 Å². The van der Waals surface area contributed by atoms with E-state index < -0.39 is 9.05 Å². The van der Waals surface area contributed by atoms with Crippen molar-refractivity contribution in [1.82, 2.24) is 4.98 Å². The number of para-hydroxylation sites is 1. The number of aromatic nitrogens is 1. The molecule has 1 atom stereocenters. The van der Waals surface area contributed by atoms with Crippen molar-refractivity contribution in [3.63, 3.8) is 0 Å². The summed E-state index contributed by atoms with van der Waals surface area (Å²) in [7, 11) is 1.66. The molecule has 1 aromatic heterocycles. The topological polar surface area (TPSA) is 67.3 Å². The maximum Gasteiger partial charge on any atom is 0.232 e. The van der Waals surface area contributed by atoms with E-state index in [1.54, 1.807) is 6.07 Å². The van der Waals surface area contributed by atoms with Crippen molar-refractivity contribution in [2.45, 2.75) is 6.42 Å². The van der Waals surface area contributed by atoms with Crippen LogP contribution in [0.1, 0.15) is 6.42 Å². The largest absolute Gasteiger partial charge is 0.296 e. The van der Waals surface area contributed by atoms with Crippen molar-refractivity contribution < 1.29 is 13.2 Å². The molecule has 2 aromatic rings. The lowest BCUT2D eigenvalue weighted by atomic mass is 10.1. The van der Waals surface area contributed by atoms with Crippen LogP contribution < -0.4 is 4.90 Å². The minimum Gasteiger partial charge on any atom is -0.296 e. The van der Waals surface area contributed by atoms with Crippen LogP contribution in [0.4, 0.5) is 5.82 Å². The molecule has 21 heavy (non-hydrogen) atoms. The Morgan fingerprint density at radius 2 is 2.00 bits per heavy atom. The number of halogens is 1. The van der Waals surface area contributed by atoms with Crippen molar-refractivity contribution in [3.8, 4) is 0 Å². The summed E-state index contributed by atoms with van der Waals surface area (Å²) in [5, 5.41) is 0.993. The van der Waals surface area contributed by atoms with Crippen LogP contribution in [0.15, 0.2) is 36.4 Å². The predicted molar refractivity (Wildman–Crippen MR) is 81.8 cm³/mol. The van der Waals surface area contributed by atoms with Gasteiger partial charge in [0.15, 0.2) is 0 Å². The first-order chi connectivity index (χ1) is 9.92. The zero-order chi connectivity index (χ0) is 15.0. The van der Waals surface area contributed by atoms with Gasteiger partial charge in [0.05, 0.1) is 11.3 Å². The highest BCUT2D eigenvalue weighted by Gasteiger charge is 2.33. The first-order valence-electron chi connectivity index (χ1n) is 6.51. The molecule has 0 N–H and O–H groups in total. The van der Waals surface area contributed by atoms with Gasteiger partial charge >= 0.3 is 0 Å². The van der Waals surface area contributed by atoms with Crippen molar-refractivity contribution in [1.29, 1.82) is 0 Å². The summed E-state index contributed by atoms with van der Waals surface area (Å²) in [6.45, 7) is 0.329. The first kappa shape index (κ1) is 14.3. The third-order valence-electron chi connectivity index (χ3n) is 3.50. The minimum absolute atomic E-state index is 0.122. The van der Waals surface area contributed by atoms with Crippen molar-refractivity contribution in [2.24, 2.45) is 5.92 Å². The smallest absolute Gasteiger partial charge is 0.232 e. The highest BCUT2D eigenvalue weighted by Crippen LogP contribution is 2.26. The van der Waals surface area contributed by atoms with Gasteiger partial charge < -0.3 is 0 Å². The van der Waals surface area contributed by atoms with E-state index in [1.807, 2.05) is 30.3 Å². The molecular formula is C14H13ClN2O3S. The van der Waals surface area contributed by atoms with Gasteiger partial charge in [0.1, 0.15) is 5.82 Å². The Hall–Kier alpha value is -1.66. The molecule has 0 bridgehead atoms. The lowest BCUT2D eigenvalue weighted by Gasteiger charge is -2.15. The Bertz CT molecular complexity index is 807. The Balaban J connectivity index is 1.87. The number of amides is 1. The average molecular weight is 325 g/mol. The maximum absolute atomic E-state index is 12.1. The SMILES string of the molecule is O=C1CC(CS(=O)(=O)Cl)CN1c1ccc2ccccc2n1. The van der Waals surface area contributed by atoms with E-state index in [0.717, 1.165) is 10.9 Å². The summed E-state index contributed by atoms with van der Waals surface area (Å²) in [5.74, 6) is -0.0470. The molecule has 1 aromatic carbocycles. The van der Waals surface area contributed by atoms with E-state index in [4.69, 9.17) is 10.7 Å². The molecule has 7 heteroatoms. The van der Waals surface area contributed by atoms with Crippen molar-refractivity contribution >= 4 is 42.4 Å². The molecular weight excluding hydrogens is 312 g/mol. The fourth-order valence-electron chi connectivity index (χ4n) is 2.60. The number of rotatable bonds is 3. The maximum atomic E-state index is 12.1. The van der Waals surface area contributed by atoms with Crippen molar-refractivity contribution in [2.75, 3.05) is 17.2 Å². The third kappa shape index (κ3) is 3.16. The summed E-state index contributed by atoms with van der Waals surface area (Å²) < 4.78 is 22.3. The molecule has 1 saturated heterocycles. The quantitative estimate of drug-likeness (QED) is 0.811. The number of anilines is 1. The number of pyridine rings is 1. The molecule has 0 saturated carbocycles.